The standard InChI is InChI=1S/C11H16Cl2N2.ClH/c12-8-4-5-10(13)9(7-8)11(15)3-1-2-6-14;/h4-5,7,11H,1-3,6,14-15H2;1H/t11-;/m0./s1. The highest BCUT2D eigenvalue weighted by Gasteiger charge is 2.10. The summed E-state index contributed by atoms with van der Waals surface area (Å²) in [5.74, 6) is 0. The van der Waals surface area contributed by atoms with E-state index in [2.05, 4.69) is 0 Å². The first kappa shape index (κ1) is 16.0. The Hall–Kier alpha value is 0.01000. The first-order chi connectivity index (χ1) is 7.15. The van der Waals surface area contributed by atoms with Crippen LogP contribution < -0.4 is 11.5 Å². The molecule has 0 radical (unpaired) electrons. The Morgan fingerprint density at radius 2 is 1.88 bits per heavy atom. The van der Waals surface area contributed by atoms with Gasteiger partial charge < -0.3 is 11.5 Å². The van der Waals surface area contributed by atoms with Gasteiger partial charge in [-0.05, 0) is 43.1 Å². The van der Waals surface area contributed by atoms with Crippen LogP contribution >= 0.6 is 35.6 Å². The van der Waals surface area contributed by atoms with Crippen LogP contribution in [0.1, 0.15) is 30.9 Å². The molecule has 16 heavy (non-hydrogen) atoms. The molecule has 1 atom stereocenters. The van der Waals surface area contributed by atoms with Gasteiger partial charge in [0.05, 0.1) is 0 Å². The second-order valence-electron chi connectivity index (χ2n) is 3.56. The topological polar surface area (TPSA) is 52.0 Å². The van der Waals surface area contributed by atoms with Gasteiger partial charge in [0.1, 0.15) is 0 Å². The third kappa shape index (κ3) is 4.89. The minimum atomic E-state index is -0.0530. The first-order valence-electron chi connectivity index (χ1n) is 5.05. The molecule has 0 unspecified atom stereocenters. The Labute approximate surface area is 113 Å². The molecule has 0 aromatic heterocycles. The average molecular weight is 284 g/mol. The van der Waals surface area contributed by atoms with Crippen LogP contribution in [0.4, 0.5) is 0 Å². The molecular weight excluding hydrogens is 266 g/mol. The van der Waals surface area contributed by atoms with Gasteiger partial charge in [-0.25, -0.2) is 0 Å². The molecule has 0 amide bonds. The van der Waals surface area contributed by atoms with E-state index >= 15 is 0 Å². The van der Waals surface area contributed by atoms with E-state index in [4.69, 9.17) is 34.7 Å². The zero-order valence-electron chi connectivity index (χ0n) is 8.96. The molecular formula is C11H17Cl3N2. The summed E-state index contributed by atoms with van der Waals surface area (Å²) >= 11 is 11.9. The van der Waals surface area contributed by atoms with Crippen molar-refractivity contribution in [2.45, 2.75) is 25.3 Å². The van der Waals surface area contributed by atoms with Gasteiger partial charge in [-0.2, -0.15) is 0 Å². The predicted molar refractivity (Wildman–Crippen MR) is 73.5 cm³/mol. The van der Waals surface area contributed by atoms with Crippen molar-refractivity contribution in [1.82, 2.24) is 0 Å². The summed E-state index contributed by atoms with van der Waals surface area (Å²) in [7, 11) is 0. The number of unbranched alkanes of at least 4 members (excludes halogenated alkanes) is 1. The molecule has 4 N–H and O–H groups in total. The second-order valence-corrected chi connectivity index (χ2v) is 4.40. The van der Waals surface area contributed by atoms with Crippen LogP contribution in [0.25, 0.3) is 0 Å². The number of rotatable bonds is 5. The molecule has 0 aliphatic heterocycles. The molecule has 2 nitrogen and oxygen atoms in total. The zero-order valence-corrected chi connectivity index (χ0v) is 11.3. The van der Waals surface area contributed by atoms with Crippen molar-refractivity contribution in [3.05, 3.63) is 33.8 Å². The second kappa shape index (κ2) is 8.15. The monoisotopic (exact) mass is 282 g/mol. The van der Waals surface area contributed by atoms with Gasteiger partial charge in [0.15, 0.2) is 0 Å². The summed E-state index contributed by atoms with van der Waals surface area (Å²) in [4.78, 5) is 0. The average Bonchev–Trinajstić information content (AvgIpc) is 2.22. The molecule has 0 spiro atoms. The number of nitrogens with two attached hydrogens (primary N) is 2. The maximum atomic E-state index is 6.04. The van der Waals surface area contributed by atoms with Gasteiger partial charge in [0.25, 0.3) is 0 Å². The van der Waals surface area contributed by atoms with Crippen molar-refractivity contribution in [2.75, 3.05) is 6.54 Å². The van der Waals surface area contributed by atoms with Gasteiger partial charge in [-0.15, -0.1) is 12.4 Å². The molecule has 1 rings (SSSR count). The summed E-state index contributed by atoms with van der Waals surface area (Å²) in [5, 5.41) is 1.35. The minimum absolute atomic E-state index is 0. The molecule has 5 heteroatoms. The lowest BCUT2D eigenvalue weighted by Gasteiger charge is -2.13. The number of halogens is 3. The highest BCUT2D eigenvalue weighted by molar-refractivity contribution is 6.33. The fourth-order valence-electron chi connectivity index (χ4n) is 1.46. The van der Waals surface area contributed by atoms with Crippen molar-refractivity contribution in [2.24, 2.45) is 11.5 Å². The molecule has 1 aromatic carbocycles. The third-order valence-corrected chi connectivity index (χ3v) is 2.91. The lowest BCUT2D eigenvalue weighted by molar-refractivity contribution is 0.591. The maximum absolute atomic E-state index is 6.04. The molecule has 92 valence electrons. The summed E-state index contributed by atoms with van der Waals surface area (Å²) < 4.78 is 0. The first-order valence-corrected chi connectivity index (χ1v) is 5.81. The van der Waals surface area contributed by atoms with E-state index in [9.17, 15) is 0 Å². The largest absolute Gasteiger partial charge is 0.330 e. The van der Waals surface area contributed by atoms with Gasteiger partial charge in [-0.1, -0.05) is 29.6 Å². The normalized spacial score (nSPS) is 12.0. The van der Waals surface area contributed by atoms with Crippen LogP contribution in [-0.2, 0) is 0 Å². The molecule has 0 saturated carbocycles. The van der Waals surface area contributed by atoms with E-state index < -0.39 is 0 Å². The zero-order chi connectivity index (χ0) is 11.3. The molecule has 0 heterocycles. The van der Waals surface area contributed by atoms with Crippen molar-refractivity contribution in [3.63, 3.8) is 0 Å². The van der Waals surface area contributed by atoms with Crippen LogP contribution in [0.5, 0.6) is 0 Å². The Balaban J connectivity index is 0.00000225. The molecule has 0 aliphatic rings. The molecule has 0 aliphatic carbocycles. The molecule has 1 aromatic rings. The van der Waals surface area contributed by atoms with Gasteiger partial charge in [0, 0.05) is 16.1 Å². The lowest BCUT2D eigenvalue weighted by atomic mass is 10.0. The van der Waals surface area contributed by atoms with Crippen molar-refractivity contribution in [1.29, 1.82) is 0 Å². The van der Waals surface area contributed by atoms with Crippen LogP contribution in [0.15, 0.2) is 18.2 Å². The highest BCUT2D eigenvalue weighted by Crippen LogP contribution is 2.27. The fraction of sp³-hybridized carbons (Fsp3) is 0.455. The summed E-state index contributed by atoms with van der Waals surface area (Å²) in [6, 6.07) is 5.32. The Morgan fingerprint density at radius 3 is 2.50 bits per heavy atom. The minimum Gasteiger partial charge on any atom is -0.330 e. The highest BCUT2D eigenvalue weighted by atomic mass is 35.5. The van der Waals surface area contributed by atoms with E-state index in [1.165, 1.54) is 0 Å². The van der Waals surface area contributed by atoms with E-state index in [1.54, 1.807) is 12.1 Å². The summed E-state index contributed by atoms with van der Waals surface area (Å²) in [5.41, 5.74) is 12.4. The summed E-state index contributed by atoms with van der Waals surface area (Å²) in [6.07, 6.45) is 2.89. The lowest BCUT2D eigenvalue weighted by Crippen LogP contribution is -2.11. The predicted octanol–water partition coefficient (Wildman–Crippen LogP) is 3.54. The van der Waals surface area contributed by atoms with E-state index in [0.717, 1.165) is 24.8 Å². The number of hydrogen-bond acceptors (Lipinski definition) is 2. The Kier molecular flexibility index (Phi) is 8.16. The van der Waals surface area contributed by atoms with E-state index in [0.29, 0.717) is 16.6 Å². The summed E-state index contributed by atoms with van der Waals surface area (Å²) in [6.45, 7) is 0.704. The maximum Gasteiger partial charge on any atom is 0.0454 e. The van der Waals surface area contributed by atoms with Gasteiger partial charge in [0.2, 0.25) is 0 Å². The quantitative estimate of drug-likeness (QED) is 0.812. The van der Waals surface area contributed by atoms with Crippen molar-refractivity contribution in [3.8, 4) is 0 Å². The number of hydrogen-bond donors (Lipinski definition) is 2. The Bertz CT molecular complexity index is 318. The van der Waals surface area contributed by atoms with Crippen molar-refractivity contribution < 1.29 is 0 Å². The van der Waals surface area contributed by atoms with Crippen molar-refractivity contribution >= 4 is 35.6 Å². The Morgan fingerprint density at radius 1 is 1.19 bits per heavy atom. The number of benzene rings is 1. The molecule has 0 fully saturated rings. The van der Waals surface area contributed by atoms with Crippen LogP contribution in [0.3, 0.4) is 0 Å². The molecule has 0 bridgehead atoms. The van der Waals surface area contributed by atoms with Gasteiger partial charge in [-0.3, -0.25) is 0 Å². The molecule has 0 saturated heterocycles. The SMILES string of the molecule is Cl.NCCCC[C@H](N)c1cc(Cl)ccc1Cl. The van der Waals surface area contributed by atoms with Crippen LogP contribution in [0.2, 0.25) is 10.0 Å². The van der Waals surface area contributed by atoms with E-state index in [-0.39, 0.29) is 18.4 Å². The third-order valence-electron chi connectivity index (χ3n) is 2.33. The fourth-order valence-corrected chi connectivity index (χ4v) is 1.90. The van der Waals surface area contributed by atoms with Gasteiger partial charge >= 0.3 is 0 Å². The van der Waals surface area contributed by atoms with Crippen LogP contribution in [0, 0.1) is 0 Å². The van der Waals surface area contributed by atoms with Crippen LogP contribution in [-0.4, -0.2) is 6.54 Å². The van der Waals surface area contributed by atoms with E-state index in [1.807, 2.05) is 6.07 Å². The smallest absolute Gasteiger partial charge is 0.0454 e.